The van der Waals surface area contributed by atoms with Gasteiger partial charge in [-0.05, 0) is 26.0 Å². The Labute approximate surface area is 176 Å². The Kier molecular flexibility index (Phi) is 5.27. The number of pyridine rings is 1. The van der Waals surface area contributed by atoms with Crippen molar-refractivity contribution in [2.45, 2.75) is 20.0 Å². The largest absolute Gasteiger partial charge is 0.417 e. The molecule has 4 rings (SSSR count). The Balaban J connectivity index is 1.48. The van der Waals surface area contributed by atoms with E-state index in [9.17, 15) is 13.2 Å². The molecule has 0 saturated carbocycles. The molecule has 0 aliphatic carbocycles. The van der Waals surface area contributed by atoms with Gasteiger partial charge in [0.1, 0.15) is 11.6 Å². The van der Waals surface area contributed by atoms with Crippen LogP contribution in [0.2, 0.25) is 5.02 Å². The van der Waals surface area contributed by atoms with Gasteiger partial charge in [0, 0.05) is 38.1 Å². The number of anilines is 2. The first-order valence-electron chi connectivity index (χ1n) is 9.31. The van der Waals surface area contributed by atoms with Gasteiger partial charge in [-0.1, -0.05) is 11.6 Å². The number of nitrogens with zero attached hydrogens (tertiary/aromatic N) is 7. The van der Waals surface area contributed by atoms with Crippen LogP contribution in [0.1, 0.15) is 17.0 Å². The molecule has 1 saturated heterocycles. The van der Waals surface area contributed by atoms with E-state index < -0.39 is 11.7 Å². The zero-order chi connectivity index (χ0) is 21.5. The highest BCUT2D eigenvalue weighted by Gasteiger charge is 2.32. The number of piperazine rings is 1. The van der Waals surface area contributed by atoms with Gasteiger partial charge in [-0.2, -0.15) is 18.3 Å². The summed E-state index contributed by atoms with van der Waals surface area (Å²) in [6.07, 6.45) is -0.306. The van der Waals surface area contributed by atoms with Crippen molar-refractivity contribution >= 4 is 23.2 Å². The lowest BCUT2D eigenvalue weighted by Crippen LogP contribution is -2.47. The minimum absolute atomic E-state index is 0.00964. The van der Waals surface area contributed by atoms with E-state index in [1.807, 2.05) is 24.8 Å². The maximum absolute atomic E-state index is 12.8. The molecule has 11 heteroatoms. The van der Waals surface area contributed by atoms with E-state index in [4.69, 9.17) is 11.6 Å². The lowest BCUT2D eigenvalue weighted by Gasteiger charge is -2.36. The molecule has 1 aliphatic rings. The number of rotatable bonds is 3. The van der Waals surface area contributed by atoms with Gasteiger partial charge in [0.25, 0.3) is 0 Å². The van der Waals surface area contributed by atoms with E-state index in [0.29, 0.717) is 43.6 Å². The lowest BCUT2D eigenvalue weighted by atomic mass is 10.2. The van der Waals surface area contributed by atoms with Crippen molar-refractivity contribution in [1.82, 2.24) is 24.7 Å². The Morgan fingerprint density at radius 3 is 2.20 bits per heavy atom. The van der Waals surface area contributed by atoms with Gasteiger partial charge in [0.15, 0.2) is 5.82 Å². The number of aromatic nitrogens is 5. The minimum atomic E-state index is -4.47. The Hall–Kier alpha value is -2.88. The molecule has 0 amide bonds. The highest BCUT2D eigenvalue weighted by molar-refractivity contribution is 6.33. The normalized spacial score (nSPS) is 15.0. The molecule has 1 aliphatic heterocycles. The highest BCUT2D eigenvalue weighted by atomic mass is 35.5. The molecule has 3 aromatic rings. The molecule has 0 bridgehead atoms. The molecular weight excluding hydrogens is 419 g/mol. The van der Waals surface area contributed by atoms with E-state index in [0.717, 1.165) is 23.7 Å². The molecule has 0 N–H and O–H groups in total. The first-order chi connectivity index (χ1) is 14.2. The summed E-state index contributed by atoms with van der Waals surface area (Å²) in [7, 11) is 0. The molecule has 158 valence electrons. The smallest absolute Gasteiger partial charge is 0.352 e. The van der Waals surface area contributed by atoms with Crippen LogP contribution in [0.25, 0.3) is 5.82 Å². The monoisotopic (exact) mass is 437 g/mol. The summed E-state index contributed by atoms with van der Waals surface area (Å²) in [5.74, 6) is 1.70. The summed E-state index contributed by atoms with van der Waals surface area (Å²) in [6, 6.07) is 2.88. The molecule has 30 heavy (non-hydrogen) atoms. The number of hydrogen-bond acceptors (Lipinski definition) is 6. The molecule has 0 unspecified atom stereocenters. The number of aryl methyl sites for hydroxylation is 2. The Morgan fingerprint density at radius 2 is 1.60 bits per heavy atom. The first-order valence-corrected chi connectivity index (χ1v) is 9.68. The van der Waals surface area contributed by atoms with E-state index in [2.05, 4.69) is 25.0 Å². The third-order valence-electron chi connectivity index (χ3n) is 4.89. The standard InChI is InChI=1S/C19H19ClF3N7/c1-12-7-13(2)30(27-12)17-11-24-10-16(26-17)28-3-5-29(6-4-28)18-15(20)8-14(9-25-18)19(21,22)23/h7-11H,3-6H2,1-2H3. The van der Waals surface area contributed by atoms with Crippen molar-refractivity contribution in [3.05, 3.63) is 52.7 Å². The van der Waals surface area contributed by atoms with Gasteiger partial charge >= 0.3 is 6.18 Å². The van der Waals surface area contributed by atoms with Crippen LogP contribution in [0, 0.1) is 13.8 Å². The van der Waals surface area contributed by atoms with E-state index >= 15 is 0 Å². The van der Waals surface area contributed by atoms with Crippen molar-refractivity contribution in [2.24, 2.45) is 0 Å². The maximum atomic E-state index is 12.8. The second-order valence-electron chi connectivity index (χ2n) is 7.08. The van der Waals surface area contributed by atoms with Crippen LogP contribution in [-0.2, 0) is 6.18 Å². The van der Waals surface area contributed by atoms with Gasteiger partial charge < -0.3 is 9.80 Å². The van der Waals surface area contributed by atoms with E-state index in [1.54, 1.807) is 17.1 Å². The predicted octanol–water partition coefficient (Wildman–Crippen LogP) is 3.67. The zero-order valence-electron chi connectivity index (χ0n) is 16.4. The average molecular weight is 438 g/mol. The van der Waals surface area contributed by atoms with Crippen LogP contribution in [0.5, 0.6) is 0 Å². The summed E-state index contributed by atoms with van der Waals surface area (Å²) >= 11 is 6.08. The van der Waals surface area contributed by atoms with Crippen LogP contribution in [0.4, 0.5) is 24.8 Å². The van der Waals surface area contributed by atoms with E-state index in [-0.39, 0.29) is 5.02 Å². The van der Waals surface area contributed by atoms with Crippen LogP contribution >= 0.6 is 11.6 Å². The Bertz CT molecular complexity index is 1060. The van der Waals surface area contributed by atoms with Crippen molar-refractivity contribution in [2.75, 3.05) is 36.0 Å². The van der Waals surface area contributed by atoms with Gasteiger partial charge in [-0.15, -0.1) is 0 Å². The molecule has 0 spiro atoms. The third kappa shape index (κ3) is 4.04. The highest BCUT2D eigenvalue weighted by Crippen LogP contribution is 2.33. The summed E-state index contributed by atoms with van der Waals surface area (Å²) in [6.45, 7) is 6.17. The van der Waals surface area contributed by atoms with Gasteiger partial charge in [0.05, 0.1) is 28.7 Å². The van der Waals surface area contributed by atoms with E-state index in [1.165, 1.54) is 0 Å². The number of hydrogen-bond donors (Lipinski definition) is 0. The van der Waals surface area contributed by atoms with Crippen LogP contribution in [0.3, 0.4) is 0 Å². The first kappa shape index (κ1) is 20.4. The second-order valence-corrected chi connectivity index (χ2v) is 7.48. The summed E-state index contributed by atoms with van der Waals surface area (Å²) in [5, 5.41) is 4.43. The molecule has 3 aromatic heterocycles. The minimum Gasteiger partial charge on any atom is -0.352 e. The van der Waals surface area contributed by atoms with Crippen LogP contribution in [-0.4, -0.2) is 50.9 Å². The molecule has 4 heterocycles. The molecule has 0 atom stereocenters. The molecule has 0 aromatic carbocycles. The van der Waals surface area contributed by atoms with Crippen LogP contribution < -0.4 is 9.80 Å². The summed E-state index contributed by atoms with van der Waals surface area (Å²) < 4.78 is 40.2. The fourth-order valence-electron chi connectivity index (χ4n) is 3.43. The topological polar surface area (TPSA) is 63.0 Å². The third-order valence-corrected chi connectivity index (χ3v) is 5.17. The maximum Gasteiger partial charge on any atom is 0.417 e. The fourth-order valence-corrected chi connectivity index (χ4v) is 3.71. The fraction of sp³-hybridized carbons (Fsp3) is 0.368. The average Bonchev–Trinajstić information content (AvgIpc) is 3.05. The molecule has 7 nitrogen and oxygen atoms in total. The van der Waals surface area contributed by atoms with Gasteiger partial charge in [-0.25, -0.2) is 14.6 Å². The summed E-state index contributed by atoms with van der Waals surface area (Å²) in [4.78, 5) is 16.9. The summed E-state index contributed by atoms with van der Waals surface area (Å²) in [5.41, 5.74) is 1.01. The molecule has 0 radical (unpaired) electrons. The van der Waals surface area contributed by atoms with Crippen LogP contribution in [0.15, 0.2) is 30.7 Å². The van der Waals surface area contributed by atoms with Gasteiger partial charge in [-0.3, -0.25) is 4.98 Å². The second kappa shape index (κ2) is 7.75. The SMILES string of the molecule is Cc1cc(C)n(-c2cncc(N3CCN(c4ncc(C(F)(F)F)cc4Cl)CC3)n2)n1. The number of alkyl halides is 3. The quantitative estimate of drug-likeness (QED) is 0.623. The van der Waals surface area contributed by atoms with Crippen molar-refractivity contribution in [1.29, 1.82) is 0 Å². The molecule has 1 fully saturated rings. The lowest BCUT2D eigenvalue weighted by molar-refractivity contribution is -0.137. The Morgan fingerprint density at radius 1 is 0.933 bits per heavy atom. The van der Waals surface area contributed by atoms with Crippen molar-refractivity contribution in [3.8, 4) is 5.82 Å². The zero-order valence-corrected chi connectivity index (χ0v) is 17.1. The molecular formula is C19H19ClF3N7. The van der Waals surface area contributed by atoms with Crippen molar-refractivity contribution in [3.63, 3.8) is 0 Å². The predicted molar refractivity (Wildman–Crippen MR) is 107 cm³/mol. The number of halogens is 4. The van der Waals surface area contributed by atoms with Gasteiger partial charge in [0.2, 0.25) is 0 Å². The van der Waals surface area contributed by atoms with Crippen molar-refractivity contribution < 1.29 is 13.2 Å².